The average Bonchev–Trinajstić information content (AvgIpc) is 3.32. The Morgan fingerprint density at radius 2 is 2.22 bits per heavy atom. The molecule has 0 spiro atoms. The van der Waals surface area contributed by atoms with Crippen molar-refractivity contribution in [1.29, 1.82) is 0 Å². The first-order valence-corrected chi connectivity index (χ1v) is 11.6. The van der Waals surface area contributed by atoms with E-state index in [0.29, 0.717) is 12.6 Å². The van der Waals surface area contributed by atoms with Gasteiger partial charge >= 0.3 is 0 Å². The van der Waals surface area contributed by atoms with Gasteiger partial charge in [0, 0.05) is 27.5 Å². The zero-order chi connectivity index (χ0) is 16.2. The average molecular weight is 394 g/mol. The van der Waals surface area contributed by atoms with Crippen LogP contribution in [0.2, 0.25) is 19.1 Å². The van der Waals surface area contributed by atoms with Crippen LogP contribution in [0.25, 0.3) is 11.4 Å². The zero-order valence-electron chi connectivity index (χ0n) is 13.6. The summed E-state index contributed by atoms with van der Waals surface area (Å²) in [6.07, 6.45) is 6.89. The molecule has 1 fully saturated rings. The number of aromatic nitrogens is 4. The van der Waals surface area contributed by atoms with Crippen molar-refractivity contribution in [2.45, 2.75) is 51.0 Å². The van der Waals surface area contributed by atoms with E-state index in [1.54, 1.807) is 12.5 Å². The number of imidazole rings is 1. The molecule has 0 bridgehead atoms. The molecule has 0 N–H and O–H groups in total. The van der Waals surface area contributed by atoms with Crippen LogP contribution < -0.4 is 0 Å². The highest BCUT2D eigenvalue weighted by atomic mass is 79.9. The molecule has 1 aliphatic carbocycles. The van der Waals surface area contributed by atoms with E-state index in [-0.39, 0.29) is 8.80 Å². The fraction of sp³-hybridized carbons (Fsp3) is 0.562. The predicted molar refractivity (Wildman–Crippen MR) is 95.8 cm³/mol. The Bertz CT molecular complexity index is 643. The molecule has 23 heavy (non-hydrogen) atoms. The maximum Gasteiger partial charge on any atom is 0.134 e. The second-order valence-electron chi connectivity index (χ2n) is 6.25. The first-order valence-electron chi connectivity index (χ1n) is 8.06. The number of hydrogen-bond donors (Lipinski definition) is 0. The van der Waals surface area contributed by atoms with Crippen molar-refractivity contribution in [2.75, 3.05) is 6.61 Å². The summed E-state index contributed by atoms with van der Waals surface area (Å²) < 4.78 is 8.96. The van der Waals surface area contributed by atoms with Crippen molar-refractivity contribution in [3.63, 3.8) is 0 Å². The lowest BCUT2D eigenvalue weighted by atomic mass is 10.3. The highest BCUT2D eigenvalue weighted by Gasteiger charge is 2.31. The monoisotopic (exact) mass is 393 g/mol. The van der Waals surface area contributed by atoms with Crippen LogP contribution in [-0.2, 0) is 11.5 Å². The van der Waals surface area contributed by atoms with E-state index >= 15 is 0 Å². The van der Waals surface area contributed by atoms with Crippen molar-refractivity contribution in [3.8, 4) is 11.4 Å². The summed E-state index contributed by atoms with van der Waals surface area (Å²) in [4.78, 5) is 13.1. The third-order valence-corrected chi connectivity index (χ3v) is 5.81. The van der Waals surface area contributed by atoms with Crippen molar-refractivity contribution >= 4 is 24.7 Å². The minimum atomic E-state index is -0.161. The molecule has 7 heteroatoms. The summed E-state index contributed by atoms with van der Waals surface area (Å²) >= 11 is 3.60. The molecule has 1 radical (unpaired) electrons. The van der Waals surface area contributed by atoms with Crippen molar-refractivity contribution < 1.29 is 4.74 Å². The van der Waals surface area contributed by atoms with Gasteiger partial charge in [0.25, 0.3) is 0 Å². The van der Waals surface area contributed by atoms with E-state index < -0.39 is 0 Å². The molecule has 2 heterocycles. The van der Waals surface area contributed by atoms with Gasteiger partial charge in [0.15, 0.2) is 0 Å². The zero-order valence-corrected chi connectivity index (χ0v) is 16.2. The quantitative estimate of drug-likeness (QED) is 0.500. The molecule has 1 aliphatic rings. The van der Waals surface area contributed by atoms with E-state index in [1.165, 1.54) is 18.9 Å². The van der Waals surface area contributed by atoms with Crippen LogP contribution in [-0.4, -0.2) is 34.9 Å². The summed E-state index contributed by atoms with van der Waals surface area (Å²) in [5.74, 6) is 1.67. The Morgan fingerprint density at radius 1 is 1.39 bits per heavy atom. The van der Waals surface area contributed by atoms with Crippen LogP contribution >= 0.6 is 15.9 Å². The van der Waals surface area contributed by atoms with Crippen LogP contribution in [0.4, 0.5) is 0 Å². The first-order chi connectivity index (χ1) is 11.2. The van der Waals surface area contributed by atoms with Crippen LogP contribution in [0.3, 0.4) is 0 Å². The molecule has 0 aromatic carbocycles. The second-order valence-corrected chi connectivity index (χ2v) is 9.92. The van der Waals surface area contributed by atoms with Crippen molar-refractivity contribution in [3.05, 3.63) is 29.0 Å². The van der Waals surface area contributed by atoms with Crippen LogP contribution in [0.15, 0.2) is 23.2 Å². The molecule has 123 valence electrons. The molecular weight excluding hydrogens is 372 g/mol. The molecule has 3 rings (SSSR count). The summed E-state index contributed by atoms with van der Waals surface area (Å²) in [6, 6.07) is 3.21. The van der Waals surface area contributed by atoms with E-state index in [9.17, 15) is 0 Å². The second kappa shape index (κ2) is 7.68. The Morgan fingerprint density at radius 3 is 2.87 bits per heavy atom. The lowest BCUT2D eigenvalue weighted by Crippen LogP contribution is -2.10. The topological polar surface area (TPSA) is 52.8 Å². The number of ether oxygens (including phenoxy) is 1. The third kappa shape index (κ3) is 4.27. The van der Waals surface area contributed by atoms with Gasteiger partial charge in [0.05, 0.1) is 5.69 Å². The van der Waals surface area contributed by atoms with E-state index in [1.807, 2.05) is 6.07 Å². The molecular formula is C16H22BrN4OSi. The Balaban J connectivity index is 1.76. The minimum absolute atomic E-state index is 0.161. The largest absolute Gasteiger partial charge is 0.361 e. The van der Waals surface area contributed by atoms with Gasteiger partial charge in [0.2, 0.25) is 0 Å². The normalized spacial score (nSPS) is 14.6. The van der Waals surface area contributed by atoms with E-state index in [2.05, 4.69) is 43.6 Å². The Kier molecular flexibility index (Phi) is 5.61. The van der Waals surface area contributed by atoms with Gasteiger partial charge in [-0.05, 0) is 41.3 Å². The van der Waals surface area contributed by atoms with Crippen LogP contribution in [0.5, 0.6) is 0 Å². The molecule has 2 aromatic rings. The van der Waals surface area contributed by atoms with Gasteiger partial charge in [-0.25, -0.2) is 15.0 Å². The van der Waals surface area contributed by atoms with Gasteiger partial charge in [-0.2, -0.15) is 0 Å². The molecule has 0 saturated heterocycles. The maximum absolute atomic E-state index is 5.94. The highest BCUT2D eigenvalue weighted by molar-refractivity contribution is 9.10. The van der Waals surface area contributed by atoms with Gasteiger partial charge in [-0.1, -0.05) is 19.1 Å². The van der Waals surface area contributed by atoms with Crippen LogP contribution in [0, 0.1) is 0 Å². The number of hydrogen-bond acceptors (Lipinski definition) is 4. The van der Waals surface area contributed by atoms with E-state index in [0.717, 1.165) is 34.8 Å². The smallest absolute Gasteiger partial charge is 0.134 e. The molecule has 0 atom stereocenters. The van der Waals surface area contributed by atoms with Crippen LogP contribution in [0.1, 0.15) is 31.0 Å². The van der Waals surface area contributed by atoms with Crippen molar-refractivity contribution in [2.24, 2.45) is 0 Å². The highest BCUT2D eigenvalue weighted by Crippen LogP contribution is 2.42. The molecule has 2 aromatic heterocycles. The Labute approximate surface area is 147 Å². The van der Waals surface area contributed by atoms with Crippen molar-refractivity contribution in [1.82, 2.24) is 19.5 Å². The summed E-state index contributed by atoms with van der Waals surface area (Å²) in [6.45, 7) is 6.03. The first kappa shape index (κ1) is 16.8. The van der Waals surface area contributed by atoms with Gasteiger partial charge < -0.3 is 9.30 Å². The van der Waals surface area contributed by atoms with Gasteiger partial charge in [-0.15, -0.1) is 0 Å². The summed E-state index contributed by atoms with van der Waals surface area (Å²) in [5.41, 5.74) is 1.87. The minimum Gasteiger partial charge on any atom is -0.361 e. The molecule has 0 unspecified atom stereocenters. The molecule has 0 amide bonds. The molecule has 1 saturated carbocycles. The lowest BCUT2D eigenvalue weighted by Gasteiger charge is -2.12. The fourth-order valence-electron chi connectivity index (χ4n) is 2.58. The molecule has 5 nitrogen and oxygen atoms in total. The Hall–Kier alpha value is -1.05. The standard InChI is InChI=1S/C16H22BrN4OSi/c1-23(2)9-3-8-22-11-21-14(13-6-7-18-10-19-13)15(17)20-16(21)12-4-5-12/h6-7,10,12H,3-5,8-9,11H2,1-2H3. The van der Waals surface area contributed by atoms with Gasteiger partial charge in [-0.3, -0.25) is 0 Å². The summed E-state index contributed by atoms with van der Waals surface area (Å²) in [5, 5.41) is 0. The summed E-state index contributed by atoms with van der Waals surface area (Å²) in [7, 11) is -0.161. The predicted octanol–water partition coefficient (Wildman–Crippen LogP) is 4.10. The lowest BCUT2D eigenvalue weighted by molar-refractivity contribution is 0.0764. The maximum atomic E-state index is 5.94. The number of rotatable bonds is 8. The molecule has 0 aliphatic heterocycles. The fourth-order valence-corrected chi connectivity index (χ4v) is 4.03. The number of halogens is 1. The third-order valence-electron chi connectivity index (χ3n) is 3.91. The van der Waals surface area contributed by atoms with Gasteiger partial charge in [0.1, 0.15) is 29.2 Å². The SMILES string of the molecule is C[Si](C)CCCOCn1c(C2CC2)nc(Br)c1-c1ccncn1. The number of nitrogens with zero attached hydrogens (tertiary/aromatic N) is 4. The van der Waals surface area contributed by atoms with E-state index in [4.69, 9.17) is 9.72 Å².